The van der Waals surface area contributed by atoms with Gasteiger partial charge in [0.1, 0.15) is 0 Å². The van der Waals surface area contributed by atoms with Crippen LogP contribution in [0.5, 0.6) is 5.75 Å². The van der Waals surface area contributed by atoms with Gasteiger partial charge in [0.2, 0.25) is 0 Å². The molecule has 0 fully saturated rings. The molecular weight excluding hydrogens is 217 g/mol. The highest BCUT2D eigenvalue weighted by Gasteiger charge is 2.00. The van der Waals surface area contributed by atoms with Gasteiger partial charge in [0.05, 0.1) is 6.61 Å². The van der Waals surface area contributed by atoms with Gasteiger partial charge < -0.3 is 10.1 Å². The van der Waals surface area contributed by atoms with Crippen LogP contribution in [-0.2, 0) is 0 Å². The average Bonchev–Trinajstić information content (AvgIpc) is 2.30. The molecule has 96 valence electrons. The van der Waals surface area contributed by atoms with Crippen molar-refractivity contribution in [2.75, 3.05) is 19.7 Å². The molecule has 1 aromatic rings. The van der Waals surface area contributed by atoms with E-state index in [1.807, 2.05) is 0 Å². The molecule has 0 heterocycles. The van der Waals surface area contributed by atoms with Gasteiger partial charge in [0.15, 0.2) is 11.6 Å². The van der Waals surface area contributed by atoms with E-state index < -0.39 is 0 Å². The van der Waals surface area contributed by atoms with E-state index in [0.717, 1.165) is 25.9 Å². The van der Waals surface area contributed by atoms with Gasteiger partial charge >= 0.3 is 0 Å². The van der Waals surface area contributed by atoms with Gasteiger partial charge in [-0.3, -0.25) is 0 Å². The normalized spacial score (nSPS) is 10.8. The van der Waals surface area contributed by atoms with Gasteiger partial charge in [-0.15, -0.1) is 0 Å². The third-order valence-corrected chi connectivity index (χ3v) is 2.39. The van der Waals surface area contributed by atoms with E-state index in [0.29, 0.717) is 18.3 Å². The number of rotatable bonds is 8. The predicted molar refractivity (Wildman–Crippen MR) is 68.8 cm³/mol. The predicted octanol–water partition coefficient (Wildman–Crippen LogP) is 3.23. The maximum Gasteiger partial charge on any atom is 0.165 e. The van der Waals surface area contributed by atoms with Crippen LogP contribution < -0.4 is 10.1 Å². The molecule has 0 aliphatic rings. The molecule has 17 heavy (non-hydrogen) atoms. The van der Waals surface area contributed by atoms with E-state index in [2.05, 4.69) is 19.2 Å². The molecule has 0 aromatic heterocycles. The van der Waals surface area contributed by atoms with Crippen molar-refractivity contribution in [3.05, 3.63) is 30.1 Å². The van der Waals surface area contributed by atoms with Crippen LogP contribution in [0.4, 0.5) is 4.39 Å². The van der Waals surface area contributed by atoms with Gasteiger partial charge in [0.25, 0.3) is 0 Å². The summed E-state index contributed by atoms with van der Waals surface area (Å²) in [5.41, 5.74) is 0. The minimum absolute atomic E-state index is 0.287. The first-order chi connectivity index (χ1) is 8.20. The largest absolute Gasteiger partial charge is 0.491 e. The Balaban J connectivity index is 2.03. The second kappa shape index (κ2) is 8.07. The number of benzene rings is 1. The van der Waals surface area contributed by atoms with Gasteiger partial charge in [-0.25, -0.2) is 4.39 Å². The fraction of sp³-hybridized carbons (Fsp3) is 0.571. The summed E-state index contributed by atoms with van der Waals surface area (Å²) in [6.07, 6.45) is 2.00. The Labute approximate surface area is 103 Å². The third-order valence-electron chi connectivity index (χ3n) is 2.39. The highest BCUT2D eigenvalue weighted by atomic mass is 19.1. The van der Waals surface area contributed by atoms with Crippen molar-refractivity contribution in [1.82, 2.24) is 5.32 Å². The second-order valence-electron chi connectivity index (χ2n) is 4.58. The topological polar surface area (TPSA) is 21.3 Å². The van der Waals surface area contributed by atoms with Crippen LogP contribution in [0.2, 0.25) is 0 Å². The van der Waals surface area contributed by atoms with Gasteiger partial charge in [-0.1, -0.05) is 26.0 Å². The Morgan fingerprint density at radius 2 is 2.00 bits per heavy atom. The van der Waals surface area contributed by atoms with Crippen molar-refractivity contribution < 1.29 is 9.13 Å². The zero-order chi connectivity index (χ0) is 12.5. The first kappa shape index (κ1) is 14.0. The molecule has 0 amide bonds. The van der Waals surface area contributed by atoms with Gasteiger partial charge in [-0.2, -0.15) is 0 Å². The van der Waals surface area contributed by atoms with Crippen LogP contribution in [-0.4, -0.2) is 19.7 Å². The molecule has 0 bridgehead atoms. The monoisotopic (exact) mass is 239 g/mol. The first-order valence-electron chi connectivity index (χ1n) is 6.28. The molecule has 1 aromatic carbocycles. The number of para-hydroxylation sites is 1. The number of halogens is 1. The summed E-state index contributed by atoms with van der Waals surface area (Å²) in [6.45, 7) is 7.00. The van der Waals surface area contributed by atoms with Crippen LogP contribution in [0.15, 0.2) is 24.3 Å². The summed E-state index contributed by atoms with van der Waals surface area (Å²) in [7, 11) is 0. The lowest BCUT2D eigenvalue weighted by Gasteiger charge is -2.08. The summed E-state index contributed by atoms with van der Waals surface area (Å²) >= 11 is 0. The first-order valence-corrected chi connectivity index (χ1v) is 6.28. The highest BCUT2D eigenvalue weighted by Crippen LogP contribution is 2.15. The maximum atomic E-state index is 13.2. The molecule has 0 spiro atoms. The summed E-state index contributed by atoms with van der Waals surface area (Å²) in [6, 6.07) is 6.52. The highest BCUT2D eigenvalue weighted by molar-refractivity contribution is 5.23. The number of hydrogen-bond donors (Lipinski definition) is 1. The number of hydrogen-bond acceptors (Lipinski definition) is 2. The van der Waals surface area contributed by atoms with Crippen LogP contribution in [0, 0.1) is 11.7 Å². The zero-order valence-corrected chi connectivity index (χ0v) is 10.7. The van der Waals surface area contributed by atoms with E-state index in [-0.39, 0.29) is 5.82 Å². The molecule has 3 heteroatoms. The molecule has 0 radical (unpaired) electrons. The van der Waals surface area contributed by atoms with Crippen LogP contribution in [0.3, 0.4) is 0 Å². The fourth-order valence-electron chi connectivity index (χ4n) is 1.49. The summed E-state index contributed by atoms with van der Waals surface area (Å²) in [4.78, 5) is 0. The Hall–Kier alpha value is -1.09. The summed E-state index contributed by atoms with van der Waals surface area (Å²) < 4.78 is 18.5. The molecule has 0 aliphatic carbocycles. The number of nitrogens with one attached hydrogen (secondary N) is 1. The second-order valence-corrected chi connectivity index (χ2v) is 4.58. The van der Waals surface area contributed by atoms with Crippen molar-refractivity contribution in [1.29, 1.82) is 0 Å². The van der Waals surface area contributed by atoms with Crippen molar-refractivity contribution in [2.45, 2.75) is 26.7 Å². The van der Waals surface area contributed by atoms with Crippen LogP contribution >= 0.6 is 0 Å². The Bertz CT molecular complexity index is 315. The lowest BCUT2D eigenvalue weighted by atomic mass is 10.2. The Morgan fingerprint density at radius 3 is 2.71 bits per heavy atom. The smallest absolute Gasteiger partial charge is 0.165 e. The molecule has 1 N–H and O–H groups in total. The Morgan fingerprint density at radius 1 is 1.24 bits per heavy atom. The van der Waals surface area contributed by atoms with Crippen molar-refractivity contribution >= 4 is 0 Å². The average molecular weight is 239 g/mol. The van der Waals surface area contributed by atoms with E-state index in [1.165, 1.54) is 6.07 Å². The number of unbranched alkanes of at least 4 members (excludes halogenated alkanes) is 1. The molecular formula is C14H22FNO. The lowest BCUT2D eigenvalue weighted by molar-refractivity contribution is 0.291. The van der Waals surface area contributed by atoms with E-state index in [1.54, 1.807) is 18.2 Å². The molecule has 0 atom stereocenters. The maximum absolute atomic E-state index is 13.2. The van der Waals surface area contributed by atoms with Crippen molar-refractivity contribution in [3.63, 3.8) is 0 Å². The molecule has 0 saturated heterocycles. The van der Waals surface area contributed by atoms with Crippen LogP contribution in [0.1, 0.15) is 26.7 Å². The molecule has 0 aliphatic heterocycles. The van der Waals surface area contributed by atoms with Gasteiger partial charge in [-0.05, 0) is 44.0 Å². The van der Waals surface area contributed by atoms with E-state index >= 15 is 0 Å². The minimum atomic E-state index is -0.287. The third kappa shape index (κ3) is 6.27. The zero-order valence-electron chi connectivity index (χ0n) is 10.7. The standard InChI is InChI=1S/C14H22FNO/c1-12(2)11-16-9-5-6-10-17-14-8-4-3-7-13(14)15/h3-4,7-8,12,16H,5-6,9-11H2,1-2H3. The lowest BCUT2D eigenvalue weighted by Crippen LogP contribution is -2.21. The van der Waals surface area contributed by atoms with Crippen molar-refractivity contribution in [3.8, 4) is 5.75 Å². The van der Waals surface area contributed by atoms with E-state index in [9.17, 15) is 4.39 Å². The molecule has 0 saturated carbocycles. The van der Waals surface area contributed by atoms with Crippen molar-refractivity contribution in [2.24, 2.45) is 5.92 Å². The summed E-state index contributed by atoms with van der Waals surface area (Å²) in [5.74, 6) is 0.748. The number of ether oxygens (including phenoxy) is 1. The van der Waals surface area contributed by atoms with Crippen LogP contribution in [0.25, 0.3) is 0 Å². The molecule has 1 rings (SSSR count). The molecule has 2 nitrogen and oxygen atoms in total. The minimum Gasteiger partial charge on any atom is -0.491 e. The van der Waals surface area contributed by atoms with E-state index in [4.69, 9.17) is 4.74 Å². The van der Waals surface area contributed by atoms with Gasteiger partial charge in [0, 0.05) is 0 Å². The fourth-order valence-corrected chi connectivity index (χ4v) is 1.49. The molecule has 0 unspecified atom stereocenters. The summed E-state index contributed by atoms with van der Waals surface area (Å²) in [5, 5.41) is 3.37. The SMILES string of the molecule is CC(C)CNCCCCOc1ccccc1F. The quantitative estimate of drug-likeness (QED) is 0.703. The Kier molecular flexibility index (Phi) is 6.63.